The Kier molecular flexibility index (Phi) is 5.11. The molecule has 2 aromatic rings. The molecule has 1 aliphatic rings. The fraction of sp³-hybridized carbons (Fsp3) is 0.389. The minimum absolute atomic E-state index is 0.0964. The van der Waals surface area contributed by atoms with Crippen LogP contribution in [0.5, 0.6) is 5.75 Å². The van der Waals surface area contributed by atoms with E-state index in [9.17, 15) is 9.59 Å². The Morgan fingerprint density at radius 2 is 2.19 bits per heavy atom. The van der Waals surface area contributed by atoms with Crippen LogP contribution in [0.1, 0.15) is 25.5 Å². The molecule has 2 N–H and O–H groups in total. The quantitative estimate of drug-likeness (QED) is 0.824. The van der Waals surface area contributed by atoms with Crippen LogP contribution in [0.2, 0.25) is 0 Å². The van der Waals surface area contributed by atoms with Crippen molar-refractivity contribution in [3.63, 3.8) is 0 Å². The van der Waals surface area contributed by atoms with Crippen LogP contribution in [-0.4, -0.2) is 36.7 Å². The molecule has 0 unspecified atom stereocenters. The Morgan fingerprint density at radius 3 is 2.81 bits per heavy atom. The van der Waals surface area contributed by atoms with Crippen LogP contribution in [0, 0.1) is 6.92 Å². The Hall–Kier alpha value is -3.03. The monoisotopic (exact) mass is 358 g/mol. The van der Waals surface area contributed by atoms with E-state index < -0.39 is 6.04 Å². The van der Waals surface area contributed by atoms with Crippen molar-refractivity contribution in [3.05, 3.63) is 30.0 Å². The largest absolute Gasteiger partial charge is 0.494 e. The number of carbonyl (C=O) groups excluding carboxylic acids is 2. The maximum Gasteiger partial charge on any atom is 0.248 e. The average Bonchev–Trinajstić information content (AvgIpc) is 3.22. The molecular formula is C18H22N4O4. The van der Waals surface area contributed by atoms with Gasteiger partial charge in [0.2, 0.25) is 17.7 Å². The first-order valence-corrected chi connectivity index (χ1v) is 8.47. The Bertz CT molecular complexity index is 817. The highest BCUT2D eigenvalue weighted by atomic mass is 16.5. The number of hydrogen-bond donors (Lipinski definition) is 2. The summed E-state index contributed by atoms with van der Waals surface area (Å²) in [6, 6.07) is 6.57. The van der Waals surface area contributed by atoms with Gasteiger partial charge in [0.1, 0.15) is 11.8 Å². The van der Waals surface area contributed by atoms with Crippen molar-refractivity contribution < 1.29 is 18.8 Å². The molecule has 1 atom stereocenters. The molecule has 8 nitrogen and oxygen atoms in total. The van der Waals surface area contributed by atoms with Gasteiger partial charge >= 0.3 is 0 Å². The standard InChI is InChI=1S/C18H22N4O4/c1-11-9-16(26-21-11)20-18(24)12(2)19-13-6-7-14(15(10-13)25-3)22-8-4-5-17(22)23/h6-7,9-10,12,19H,4-5,8H2,1-3H3,(H,20,24)/t12-/m0/s1. The zero-order valence-electron chi connectivity index (χ0n) is 15.0. The van der Waals surface area contributed by atoms with Gasteiger partial charge in [-0.05, 0) is 32.4 Å². The summed E-state index contributed by atoms with van der Waals surface area (Å²) in [5.74, 6) is 0.739. The van der Waals surface area contributed by atoms with Gasteiger partial charge in [0.25, 0.3) is 0 Å². The minimum Gasteiger partial charge on any atom is -0.494 e. The average molecular weight is 358 g/mol. The number of methoxy groups -OCH3 is 1. The molecule has 0 bridgehead atoms. The van der Waals surface area contributed by atoms with Crippen LogP contribution < -0.4 is 20.3 Å². The molecule has 1 saturated heterocycles. The molecular weight excluding hydrogens is 336 g/mol. The van der Waals surface area contributed by atoms with Crippen molar-refractivity contribution in [1.82, 2.24) is 5.16 Å². The van der Waals surface area contributed by atoms with Crippen LogP contribution >= 0.6 is 0 Å². The van der Waals surface area contributed by atoms with Crippen LogP contribution in [0.4, 0.5) is 17.3 Å². The summed E-state index contributed by atoms with van der Waals surface area (Å²) in [6.07, 6.45) is 1.40. The van der Waals surface area contributed by atoms with Crippen molar-refractivity contribution in [1.29, 1.82) is 0 Å². The van der Waals surface area contributed by atoms with Crippen LogP contribution in [-0.2, 0) is 9.59 Å². The summed E-state index contributed by atoms with van der Waals surface area (Å²) >= 11 is 0. The van der Waals surface area contributed by atoms with Crippen LogP contribution in [0.25, 0.3) is 0 Å². The molecule has 2 amide bonds. The molecule has 0 radical (unpaired) electrons. The van der Waals surface area contributed by atoms with Gasteiger partial charge in [-0.3, -0.25) is 14.9 Å². The van der Waals surface area contributed by atoms with Crippen LogP contribution in [0.15, 0.2) is 28.8 Å². The third kappa shape index (κ3) is 3.79. The first kappa shape index (κ1) is 17.8. The predicted octanol–water partition coefficient (Wildman–Crippen LogP) is 2.56. The third-order valence-corrected chi connectivity index (χ3v) is 4.19. The summed E-state index contributed by atoms with van der Waals surface area (Å²) in [5.41, 5.74) is 2.15. The van der Waals surface area contributed by atoms with Crippen molar-refractivity contribution in [2.24, 2.45) is 0 Å². The first-order valence-electron chi connectivity index (χ1n) is 8.47. The number of rotatable bonds is 6. The minimum atomic E-state index is -0.510. The lowest BCUT2D eigenvalue weighted by molar-refractivity contribution is -0.117. The summed E-state index contributed by atoms with van der Waals surface area (Å²) in [5, 5.41) is 9.50. The molecule has 0 spiro atoms. The lowest BCUT2D eigenvalue weighted by Crippen LogP contribution is -2.31. The second kappa shape index (κ2) is 7.47. The molecule has 8 heteroatoms. The summed E-state index contributed by atoms with van der Waals surface area (Å²) in [4.78, 5) is 25.9. The molecule has 1 aliphatic heterocycles. The molecule has 138 valence electrons. The van der Waals surface area contributed by atoms with Gasteiger partial charge < -0.3 is 19.5 Å². The number of carbonyl (C=O) groups is 2. The van der Waals surface area contributed by atoms with Gasteiger partial charge in [-0.25, -0.2) is 0 Å². The molecule has 1 aromatic carbocycles. The van der Waals surface area contributed by atoms with Gasteiger partial charge in [-0.15, -0.1) is 0 Å². The van der Waals surface area contributed by atoms with E-state index >= 15 is 0 Å². The Morgan fingerprint density at radius 1 is 1.38 bits per heavy atom. The molecule has 1 fully saturated rings. The van der Waals surface area contributed by atoms with E-state index in [1.807, 2.05) is 12.1 Å². The van der Waals surface area contributed by atoms with Gasteiger partial charge in [-0.1, -0.05) is 5.16 Å². The number of nitrogens with zero attached hydrogens (tertiary/aromatic N) is 2. The van der Waals surface area contributed by atoms with E-state index in [-0.39, 0.29) is 11.8 Å². The topological polar surface area (TPSA) is 96.7 Å². The molecule has 0 saturated carbocycles. The highest BCUT2D eigenvalue weighted by Gasteiger charge is 2.25. The molecule has 2 heterocycles. The van der Waals surface area contributed by atoms with Gasteiger partial charge in [0.15, 0.2) is 0 Å². The fourth-order valence-corrected chi connectivity index (χ4v) is 2.86. The van der Waals surface area contributed by atoms with Gasteiger partial charge in [-0.2, -0.15) is 0 Å². The smallest absolute Gasteiger partial charge is 0.248 e. The maximum absolute atomic E-state index is 12.3. The predicted molar refractivity (Wildman–Crippen MR) is 97.5 cm³/mol. The third-order valence-electron chi connectivity index (χ3n) is 4.19. The summed E-state index contributed by atoms with van der Waals surface area (Å²) in [7, 11) is 1.56. The fourth-order valence-electron chi connectivity index (χ4n) is 2.86. The van der Waals surface area contributed by atoms with E-state index in [1.165, 1.54) is 0 Å². The highest BCUT2D eigenvalue weighted by Crippen LogP contribution is 2.34. The lowest BCUT2D eigenvalue weighted by atomic mass is 10.2. The number of aromatic nitrogens is 1. The van der Waals surface area contributed by atoms with E-state index in [4.69, 9.17) is 9.26 Å². The number of amides is 2. The normalized spacial score (nSPS) is 15.0. The van der Waals surface area contributed by atoms with Gasteiger partial charge in [0, 0.05) is 30.8 Å². The summed E-state index contributed by atoms with van der Waals surface area (Å²) in [6.45, 7) is 4.21. The summed E-state index contributed by atoms with van der Waals surface area (Å²) < 4.78 is 10.4. The van der Waals surface area contributed by atoms with Crippen LogP contribution in [0.3, 0.4) is 0 Å². The zero-order valence-corrected chi connectivity index (χ0v) is 15.0. The van der Waals surface area contributed by atoms with E-state index in [2.05, 4.69) is 15.8 Å². The number of aryl methyl sites for hydroxylation is 1. The Labute approximate surface area is 151 Å². The molecule has 3 rings (SSSR count). The lowest BCUT2D eigenvalue weighted by Gasteiger charge is -2.21. The number of nitrogens with one attached hydrogen (secondary N) is 2. The first-order chi connectivity index (χ1) is 12.5. The second-order valence-electron chi connectivity index (χ2n) is 6.22. The number of ether oxygens (including phenoxy) is 1. The zero-order chi connectivity index (χ0) is 18.7. The van der Waals surface area contributed by atoms with E-state index in [1.54, 1.807) is 38.0 Å². The van der Waals surface area contributed by atoms with Gasteiger partial charge in [0.05, 0.1) is 18.5 Å². The van der Waals surface area contributed by atoms with Crippen molar-refractivity contribution in [2.75, 3.05) is 29.2 Å². The molecule has 26 heavy (non-hydrogen) atoms. The SMILES string of the molecule is COc1cc(N[C@@H](C)C(=O)Nc2cc(C)no2)ccc1N1CCCC1=O. The number of hydrogen-bond acceptors (Lipinski definition) is 6. The van der Waals surface area contributed by atoms with Crippen molar-refractivity contribution in [3.8, 4) is 5.75 Å². The van der Waals surface area contributed by atoms with Crippen molar-refractivity contribution >= 4 is 29.1 Å². The van der Waals surface area contributed by atoms with E-state index in [0.29, 0.717) is 36.0 Å². The van der Waals surface area contributed by atoms with Crippen molar-refractivity contribution in [2.45, 2.75) is 32.7 Å². The van der Waals surface area contributed by atoms with E-state index in [0.717, 1.165) is 12.1 Å². The second-order valence-corrected chi connectivity index (χ2v) is 6.22. The number of anilines is 3. The highest BCUT2D eigenvalue weighted by molar-refractivity contribution is 5.97. The molecule has 1 aromatic heterocycles. The maximum atomic E-state index is 12.3. The number of benzene rings is 1. The molecule has 0 aliphatic carbocycles. The Balaban J connectivity index is 1.69.